The van der Waals surface area contributed by atoms with E-state index in [-0.39, 0.29) is 6.04 Å². The Morgan fingerprint density at radius 3 is 2.86 bits per heavy atom. The molecule has 0 saturated heterocycles. The van der Waals surface area contributed by atoms with Crippen molar-refractivity contribution in [1.82, 2.24) is 15.1 Å². The monoisotopic (exact) mass is 217 g/mol. The van der Waals surface area contributed by atoms with Gasteiger partial charge in [0.1, 0.15) is 5.15 Å². The van der Waals surface area contributed by atoms with Crippen LogP contribution in [0, 0.1) is 0 Å². The van der Waals surface area contributed by atoms with E-state index in [0.29, 0.717) is 11.8 Å². The van der Waals surface area contributed by atoms with E-state index in [1.54, 1.807) is 11.8 Å². The molecule has 1 atom stereocenters. The molecule has 4 nitrogen and oxygen atoms in total. The van der Waals surface area contributed by atoms with E-state index in [1.807, 2.05) is 20.2 Å². The van der Waals surface area contributed by atoms with Gasteiger partial charge in [0.25, 0.3) is 0 Å². The number of likely N-dealkylation sites (N-methyl/N-ethyl adjacent to an activating group) is 1. The van der Waals surface area contributed by atoms with Crippen molar-refractivity contribution in [3.63, 3.8) is 0 Å². The molecular weight excluding hydrogens is 202 g/mol. The van der Waals surface area contributed by atoms with Crippen LogP contribution in [0.1, 0.15) is 5.69 Å². The summed E-state index contributed by atoms with van der Waals surface area (Å²) in [5.74, 6) is 0. The first-order chi connectivity index (χ1) is 6.67. The second-order valence-corrected chi connectivity index (χ2v) is 3.61. The molecule has 0 spiro atoms. The Morgan fingerprint density at radius 2 is 2.43 bits per heavy atom. The normalized spacial score (nSPS) is 13.1. The van der Waals surface area contributed by atoms with E-state index in [0.717, 1.165) is 12.1 Å². The van der Waals surface area contributed by atoms with Crippen LogP contribution in [0.5, 0.6) is 0 Å². The van der Waals surface area contributed by atoms with Crippen LogP contribution in [-0.4, -0.2) is 36.6 Å². The number of methoxy groups -OCH3 is 1. The van der Waals surface area contributed by atoms with Gasteiger partial charge in [0.2, 0.25) is 0 Å². The van der Waals surface area contributed by atoms with Crippen LogP contribution < -0.4 is 5.32 Å². The summed E-state index contributed by atoms with van der Waals surface area (Å²) in [6, 6.07) is 2.16. The third-order valence-corrected chi connectivity index (χ3v) is 2.46. The van der Waals surface area contributed by atoms with Crippen LogP contribution in [0.15, 0.2) is 6.07 Å². The van der Waals surface area contributed by atoms with Gasteiger partial charge >= 0.3 is 0 Å². The summed E-state index contributed by atoms with van der Waals surface area (Å²) in [6.07, 6.45) is 0.824. The Balaban J connectivity index is 2.57. The molecule has 0 aliphatic heterocycles. The highest BCUT2D eigenvalue weighted by Crippen LogP contribution is 2.10. The Labute approximate surface area is 89.2 Å². The van der Waals surface area contributed by atoms with Crippen molar-refractivity contribution in [1.29, 1.82) is 0 Å². The molecule has 0 amide bonds. The first kappa shape index (κ1) is 11.5. The molecule has 0 fully saturated rings. The number of rotatable bonds is 5. The molecule has 0 bridgehead atoms. The number of halogens is 1. The average molecular weight is 218 g/mol. The number of nitrogens with one attached hydrogen (secondary N) is 1. The van der Waals surface area contributed by atoms with Gasteiger partial charge in [0.15, 0.2) is 0 Å². The van der Waals surface area contributed by atoms with Crippen LogP contribution in [-0.2, 0) is 18.2 Å². The second-order valence-electron chi connectivity index (χ2n) is 3.23. The number of aryl methyl sites for hydroxylation is 1. The van der Waals surface area contributed by atoms with Crippen molar-refractivity contribution in [2.75, 3.05) is 20.8 Å². The summed E-state index contributed by atoms with van der Waals surface area (Å²) in [4.78, 5) is 0. The largest absolute Gasteiger partial charge is 0.383 e. The summed E-state index contributed by atoms with van der Waals surface area (Å²) in [7, 11) is 5.43. The summed E-state index contributed by atoms with van der Waals surface area (Å²) < 4.78 is 6.74. The van der Waals surface area contributed by atoms with Gasteiger partial charge in [0, 0.05) is 26.6 Å². The molecule has 14 heavy (non-hydrogen) atoms. The van der Waals surface area contributed by atoms with Crippen LogP contribution in [0.4, 0.5) is 0 Å². The molecule has 0 aliphatic rings. The molecule has 0 aliphatic carbocycles. The van der Waals surface area contributed by atoms with Crippen LogP contribution >= 0.6 is 11.6 Å². The lowest BCUT2D eigenvalue weighted by Crippen LogP contribution is -2.32. The van der Waals surface area contributed by atoms with Gasteiger partial charge in [-0.15, -0.1) is 0 Å². The second kappa shape index (κ2) is 5.34. The number of hydrogen-bond donors (Lipinski definition) is 1. The molecule has 1 N–H and O–H groups in total. The zero-order valence-electron chi connectivity index (χ0n) is 8.75. The Morgan fingerprint density at radius 1 is 1.71 bits per heavy atom. The van der Waals surface area contributed by atoms with Gasteiger partial charge in [-0.1, -0.05) is 11.6 Å². The molecule has 1 rings (SSSR count). The zero-order valence-corrected chi connectivity index (χ0v) is 9.51. The maximum Gasteiger partial charge on any atom is 0.126 e. The van der Waals surface area contributed by atoms with E-state index in [9.17, 15) is 0 Å². The SMILES string of the molecule is CNC(COC)Cc1cc(Cl)n(C)n1. The highest BCUT2D eigenvalue weighted by molar-refractivity contribution is 6.29. The summed E-state index contributed by atoms with van der Waals surface area (Å²) in [6.45, 7) is 0.671. The van der Waals surface area contributed by atoms with Gasteiger partial charge in [-0.3, -0.25) is 4.68 Å². The van der Waals surface area contributed by atoms with E-state index in [4.69, 9.17) is 16.3 Å². The predicted octanol–water partition coefficient (Wildman–Crippen LogP) is 0.850. The molecular formula is C9H16ClN3O. The molecule has 1 aromatic rings. The van der Waals surface area contributed by atoms with E-state index in [1.165, 1.54) is 0 Å². The molecule has 1 unspecified atom stereocenters. The first-order valence-corrected chi connectivity index (χ1v) is 4.89. The number of hydrogen-bond acceptors (Lipinski definition) is 3. The molecule has 1 heterocycles. The van der Waals surface area contributed by atoms with Gasteiger partial charge in [-0.25, -0.2) is 0 Å². The van der Waals surface area contributed by atoms with Gasteiger partial charge in [-0.2, -0.15) is 5.10 Å². The van der Waals surface area contributed by atoms with Gasteiger partial charge < -0.3 is 10.1 Å². The number of nitrogens with zero attached hydrogens (tertiary/aromatic N) is 2. The molecule has 5 heteroatoms. The summed E-state index contributed by atoms with van der Waals surface area (Å²) in [5, 5.41) is 8.09. The van der Waals surface area contributed by atoms with Crippen molar-refractivity contribution in [3.8, 4) is 0 Å². The van der Waals surface area contributed by atoms with Crippen molar-refractivity contribution in [2.24, 2.45) is 7.05 Å². The Hall–Kier alpha value is -0.580. The quantitative estimate of drug-likeness (QED) is 0.795. The molecule has 80 valence electrons. The molecule has 0 aromatic carbocycles. The Bertz CT molecular complexity index is 268. The fourth-order valence-corrected chi connectivity index (χ4v) is 1.46. The fourth-order valence-electron chi connectivity index (χ4n) is 1.30. The maximum absolute atomic E-state index is 5.88. The lowest BCUT2D eigenvalue weighted by Gasteiger charge is -2.12. The highest BCUT2D eigenvalue weighted by atomic mass is 35.5. The van der Waals surface area contributed by atoms with Crippen molar-refractivity contribution < 1.29 is 4.74 Å². The standard InChI is InChI=1S/C9H16ClN3O/c1-11-8(6-14-3)4-7-5-9(10)13(2)12-7/h5,8,11H,4,6H2,1-3H3. The number of aromatic nitrogens is 2. The molecule has 1 aromatic heterocycles. The zero-order chi connectivity index (χ0) is 10.6. The van der Waals surface area contributed by atoms with Crippen LogP contribution in [0.2, 0.25) is 5.15 Å². The third-order valence-electron chi connectivity index (χ3n) is 2.10. The van der Waals surface area contributed by atoms with Crippen molar-refractivity contribution >= 4 is 11.6 Å². The highest BCUT2D eigenvalue weighted by Gasteiger charge is 2.10. The van der Waals surface area contributed by atoms with E-state index < -0.39 is 0 Å². The van der Waals surface area contributed by atoms with Crippen molar-refractivity contribution in [2.45, 2.75) is 12.5 Å². The van der Waals surface area contributed by atoms with E-state index in [2.05, 4.69) is 10.4 Å². The topological polar surface area (TPSA) is 39.1 Å². The number of ether oxygens (including phenoxy) is 1. The maximum atomic E-state index is 5.88. The smallest absolute Gasteiger partial charge is 0.126 e. The predicted molar refractivity (Wildman–Crippen MR) is 56.6 cm³/mol. The first-order valence-electron chi connectivity index (χ1n) is 4.52. The summed E-state index contributed by atoms with van der Waals surface area (Å²) >= 11 is 5.88. The minimum absolute atomic E-state index is 0.283. The fraction of sp³-hybridized carbons (Fsp3) is 0.667. The summed E-state index contributed by atoms with van der Waals surface area (Å²) in [5.41, 5.74) is 0.980. The molecule has 0 saturated carbocycles. The van der Waals surface area contributed by atoms with Gasteiger partial charge in [-0.05, 0) is 13.1 Å². The van der Waals surface area contributed by atoms with Crippen molar-refractivity contribution in [3.05, 3.63) is 16.9 Å². The van der Waals surface area contributed by atoms with Gasteiger partial charge in [0.05, 0.1) is 12.3 Å². The minimum atomic E-state index is 0.283. The van der Waals surface area contributed by atoms with Crippen LogP contribution in [0.25, 0.3) is 0 Å². The van der Waals surface area contributed by atoms with E-state index >= 15 is 0 Å². The molecule has 0 radical (unpaired) electrons. The Kier molecular flexibility index (Phi) is 4.38. The average Bonchev–Trinajstić information content (AvgIpc) is 2.45. The van der Waals surface area contributed by atoms with Crippen LogP contribution in [0.3, 0.4) is 0 Å². The lowest BCUT2D eigenvalue weighted by molar-refractivity contribution is 0.169. The minimum Gasteiger partial charge on any atom is -0.383 e. The third kappa shape index (κ3) is 2.97. The lowest BCUT2D eigenvalue weighted by atomic mass is 10.2.